The summed E-state index contributed by atoms with van der Waals surface area (Å²) in [5, 5.41) is 0. The van der Waals surface area contributed by atoms with Crippen molar-refractivity contribution in [3.05, 3.63) is 47.1 Å². The van der Waals surface area contributed by atoms with Gasteiger partial charge in [-0.3, -0.25) is 12.2 Å². The average molecular weight is 564 g/mol. The fourth-order valence-corrected chi connectivity index (χ4v) is 2.13. The Morgan fingerprint density at radius 3 is 1.65 bits per heavy atom. The van der Waals surface area contributed by atoms with Crippen molar-refractivity contribution in [3.8, 4) is 0 Å². The third kappa shape index (κ3) is 14.4. The van der Waals surface area contributed by atoms with E-state index in [0.29, 0.717) is 16.7 Å². The van der Waals surface area contributed by atoms with Crippen LogP contribution in [0.15, 0.2) is 34.9 Å². The van der Waals surface area contributed by atoms with Gasteiger partial charge in [0, 0.05) is 0 Å². The van der Waals surface area contributed by atoms with Crippen LogP contribution in [0.2, 0.25) is 0 Å². The largest absolute Gasteiger partial charge is 0.147 e. The third-order valence-corrected chi connectivity index (χ3v) is 3.71. The first-order chi connectivity index (χ1) is 10.7. The fourth-order valence-electron chi connectivity index (χ4n) is 2.13. The molecule has 1 unspecified atom stereocenters. The van der Waals surface area contributed by atoms with Crippen molar-refractivity contribution in [1.29, 1.82) is 0 Å². The van der Waals surface area contributed by atoms with Crippen LogP contribution in [0.5, 0.6) is 0 Å². The summed E-state index contributed by atoms with van der Waals surface area (Å²) in [5.41, 5.74) is 4.86. The van der Waals surface area contributed by atoms with Gasteiger partial charge in [0.05, 0.1) is 0 Å². The molecule has 0 bridgehead atoms. The maximum Gasteiger partial charge on any atom is -0.147 e. The minimum absolute atomic E-state index is 0. The van der Waals surface area contributed by atoms with E-state index < -0.39 is 0 Å². The van der Waals surface area contributed by atoms with Crippen molar-refractivity contribution in [1.82, 2.24) is 0 Å². The molecule has 0 aliphatic heterocycles. The zero-order valence-electron chi connectivity index (χ0n) is 18.3. The molecule has 0 fully saturated rings. The van der Waals surface area contributed by atoms with Gasteiger partial charge in [-0.2, -0.15) is 17.2 Å². The van der Waals surface area contributed by atoms with Crippen molar-refractivity contribution >= 4 is 28.1 Å². The molecule has 148 valence electrons. The molecule has 0 aromatic heterocycles. The van der Waals surface area contributed by atoms with Crippen molar-refractivity contribution < 1.29 is 23.9 Å². The second-order valence-corrected chi connectivity index (χ2v) is 12.5. The van der Waals surface area contributed by atoms with Crippen molar-refractivity contribution in [2.45, 2.75) is 75.7 Å². The Kier molecular flexibility index (Phi) is 16.0. The van der Waals surface area contributed by atoms with E-state index in [0.717, 1.165) is 6.42 Å². The fraction of sp³-hybridized carbons (Fsp3) is 0.609. The van der Waals surface area contributed by atoms with Gasteiger partial charge in [-0.1, -0.05) is 66.7 Å². The van der Waals surface area contributed by atoms with Gasteiger partial charge in [0.15, 0.2) is 0 Å². The Balaban J connectivity index is -0.000000319. The maximum absolute atomic E-state index is 3.30. The van der Waals surface area contributed by atoms with Gasteiger partial charge in [0.2, 0.25) is 0 Å². The monoisotopic (exact) mass is 564 g/mol. The maximum atomic E-state index is 3.30. The zero-order valence-corrected chi connectivity index (χ0v) is 23.6. The van der Waals surface area contributed by atoms with Crippen LogP contribution < -0.4 is 0 Å². The number of rotatable bonds is 0. The second kappa shape index (κ2) is 13.5. The molecular formula is C23H38Cl2Hf. The summed E-state index contributed by atoms with van der Waals surface area (Å²) in [6.07, 6.45) is 14.2. The molecule has 0 saturated heterocycles. The van der Waals surface area contributed by atoms with Gasteiger partial charge in [-0.25, -0.2) is 17.7 Å². The first-order valence-corrected chi connectivity index (χ1v) is 10.6. The number of allylic oxidation sites excluding steroid dienone is 8. The Hall–Kier alpha value is 0.280. The van der Waals surface area contributed by atoms with E-state index in [4.69, 9.17) is 0 Å². The van der Waals surface area contributed by atoms with E-state index in [2.05, 4.69) is 99.6 Å². The topological polar surface area (TPSA) is 0 Å². The molecule has 26 heavy (non-hydrogen) atoms. The molecule has 3 heteroatoms. The van der Waals surface area contributed by atoms with Crippen LogP contribution in [-0.2, 0) is 23.9 Å². The standard InChI is InChI=1S/2C10H15.C3H6.2ClH.Hf/c2*1-8-5-6-9(7-8)10(2,3)4;1-3-2;;;/h7H,6H2,1-4H3;6-8H,1-4H3;1-2H3;2*1H;/q2*-1;;;;+2. The Labute approximate surface area is 190 Å². The molecule has 2 aliphatic carbocycles. The Morgan fingerprint density at radius 1 is 1.04 bits per heavy atom. The summed E-state index contributed by atoms with van der Waals surface area (Å²) in [4.78, 5) is 0. The summed E-state index contributed by atoms with van der Waals surface area (Å²) >= 11 is 1.27. The molecule has 0 radical (unpaired) electrons. The van der Waals surface area contributed by atoms with Gasteiger partial charge < -0.3 is 0 Å². The van der Waals surface area contributed by atoms with Gasteiger partial charge in [0.25, 0.3) is 0 Å². The van der Waals surface area contributed by atoms with Crippen LogP contribution in [0, 0.1) is 28.9 Å². The van der Waals surface area contributed by atoms with E-state index in [-0.39, 0.29) is 24.8 Å². The van der Waals surface area contributed by atoms with Crippen LogP contribution in [-0.4, -0.2) is 3.26 Å². The zero-order chi connectivity index (χ0) is 19.1. The molecule has 0 nitrogen and oxygen atoms in total. The molecular weight excluding hydrogens is 526 g/mol. The second-order valence-electron chi connectivity index (χ2n) is 8.93. The molecule has 0 N–H and O–H groups in total. The summed E-state index contributed by atoms with van der Waals surface area (Å²) < 4.78 is 1.56. The first kappa shape index (κ1) is 31.0. The van der Waals surface area contributed by atoms with E-state index in [9.17, 15) is 0 Å². The van der Waals surface area contributed by atoms with E-state index >= 15 is 0 Å². The van der Waals surface area contributed by atoms with Gasteiger partial charge in [0.1, 0.15) is 0 Å². The Morgan fingerprint density at radius 2 is 1.50 bits per heavy atom. The molecule has 0 spiro atoms. The van der Waals surface area contributed by atoms with Crippen LogP contribution in [0.3, 0.4) is 0 Å². The molecule has 0 saturated carbocycles. The molecule has 0 aromatic rings. The minimum Gasteiger partial charge on any atom is -0.147 e. The molecule has 1 atom stereocenters. The van der Waals surface area contributed by atoms with Gasteiger partial charge >= 0.3 is 41.0 Å². The van der Waals surface area contributed by atoms with Crippen LogP contribution in [0.4, 0.5) is 0 Å². The Bertz CT molecular complexity index is 546. The molecule has 0 heterocycles. The predicted octanol–water partition coefficient (Wildman–Crippen LogP) is 7.67. The van der Waals surface area contributed by atoms with Crippen LogP contribution in [0.1, 0.15) is 75.7 Å². The van der Waals surface area contributed by atoms with E-state index in [1.165, 1.54) is 40.6 Å². The normalized spacial score (nSPS) is 18.0. The number of halogens is 2. The summed E-state index contributed by atoms with van der Waals surface area (Å²) in [6, 6.07) is 0. The quantitative estimate of drug-likeness (QED) is 0.210. The van der Waals surface area contributed by atoms with Crippen LogP contribution in [0.25, 0.3) is 0 Å². The van der Waals surface area contributed by atoms with Gasteiger partial charge in [-0.15, -0.1) is 31.2 Å². The summed E-state index contributed by atoms with van der Waals surface area (Å²) in [6.45, 7) is 22.0. The summed E-state index contributed by atoms with van der Waals surface area (Å²) in [5.74, 6) is 0.522. The molecule has 2 rings (SSSR count). The predicted molar refractivity (Wildman–Crippen MR) is 120 cm³/mol. The molecule has 2 aliphatic rings. The van der Waals surface area contributed by atoms with Crippen molar-refractivity contribution in [2.75, 3.05) is 0 Å². The summed E-state index contributed by atoms with van der Waals surface area (Å²) in [7, 11) is 0. The average Bonchev–Trinajstić information content (AvgIpc) is 2.96. The SMILES string of the molecule is CC1=[C-]CC(C(C)(C)C)=C1.CC1[C-]=CC(C(C)(C)C)=C1.C[C](C)=[Hf+2].Cl.Cl. The molecule has 0 amide bonds. The third-order valence-electron chi connectivity index (χ3n) is 3.71. The van der Waals surface area contributed by atoms with Crippen molar-refractivity contribution in [2.24, 2.45) is 16.7 Å². The van der Waals surface area contributed by atoms with Crippen LogP contribution >= 0.6 is 24.8 Å². The first-order valence-electron chi connectivity index (χ1n) is 8.85. The number of hydrogen-bond acceptors (Lipinski definition) is 0. The van der Waals surface area contributed by atoms with Gasteiger partial charge in [-0.05, 0) is 5.41 Å². The minimum atomic E-state index is 0. The smallest absolute Gasteiger partial charge is 0.147 e. The number of hydrogen-bond donors (Lipinski definition) is 0. The van der Waals surface area contributed by atoms with Crippen molar-refractivity contribution in [3.63, 3.8) is 0 Å². The molecule has 0 aromatic carbocycles. The van der Waals surface area contributed by atoms with E-state index in [1.807, 2.05) is 0 Å². The van der Waals surface area contributed by atoms with E-state index in [1.54, 1.807) is 3.26 Å².